The van der Waals surface area contributed by atoms with Gasteiger partial charge in [-0.05, 0) is 24.3 Å². The molecule has 0 atom stereocenters. The van der Waals surface area contributed by atoms with Crippen LogP contribution in [0.15, 0.2) is 36.4 Å². The Morgan fingerprint density at radius 3 is 2.71 bits per heavy atom. The molecule has 6 nitrogen and oxygen atoms in total. The number of H-pyrrole nitrogens is 1. The maximum absolute atomic E-state index is 11.0. The second kappa shape index (κ2) is 6.32. The minimum absolute atomic E-state index is 0.128. The van der Waals surface area contributed by atoms with Crippen molar-refractivity contribution in [2.75, 3.05) is 0 Å². The second-order valence-electron chi connectivity index (χ2n) is 4.82. The van der Waals surface area contributed by atoms with Gasteiger partial charge in [-0.15, -0.1) is 0 Å². The fraction of sp³-hybridized carbons (Fsp3) is 0. The van der Waals surface area contributed by atoms with Crippen molar-refractivity contribution in [3.05, 3.63) is 67.9 Å². The molecule has 0 aliphatic heterocycles. The van der Waals surface area contributed by atoms with Crippen molar-refractivity contribution in [3.63, 3.8) is 0 Å². The van der Waals surface area contributed by atoms with E-state index in [4.69, 9.17) is 23.2 Å². The Hall–Kier alpha value is -2.88. The molecule has 0 saturated heterocycles. The number of aromatic nitrogens is 2. The predicted molar refractivity (Wildman–Crippen MR) is 92.7 cm³/mol. The molecule has 3 rings (SSSR count). The minimum atomic E-state index is -0.608. The second-order valence-corrected chi connectivity index (χ2v) is 5.61. The van der Waals surface area contributed by atoms with E-state index in [0.717, 1.165) is 5.52 Å². The Labute approximate surface area is 146 Å². The van der Waals surface area contributed by atoms with Crippen molar-refractivity contribution in [3.8, 4) is 6.07 Å². The highest BCUT2D eigenvalue weighted by atomic mass is 35.5. The van der Waals surface area contributed by atoms with Gasteiger partial charge in [0.05, 0.1) is 21.5 Å². The van der Waals surface area contributed by atoms with Crippen LogP contribution in [0, 0.1) is 21.4 Å². The highest BCUT2D eigenvalue weighted by Crippen LogP contribution is 2.35. The number of hydrogen-bond acceptors (Lipinski definition) is 4. The van der Waals surface area contributed by atoms with Gasteiger partial charge in [0, 0.05) is 16.7 Å². The van der Waals surface area contributed by atoms with Crippen LogP contribution in [0.5, 0.6) is 0 Å². The van der Waals surface area contributed by atoms with Crippen LogP contribution in [0.1, 0.15) is 11.4 Å². The van der Waals surface area contributed by atoms with E-state index in [2.05, 4.69) is 9.97 Å². The molecule has 0 unspecified atom stereocenters. The van der Waals surface area contributed by atoms with E-state index in [0.29, 0.717) is 11.3 Å². The monoisotopic (exact) mass is 358 g/mol. The fourth-order valence-electron chi connectivity index (χ4n) is 2.21. The van der Waals surface area contributed by atoms with Crippen molar-refractivity contribution in [2.45, 2.75) is 0 Å². The van der Waals surface area contributed by atoms with Gasteiger partial charge in [-0.25, -0.2) is 4.98 Å². The molecule has 24 heavy (non-hydrogen) atoms. The summed E-state index contributed by atoms with van der Waals surface area (Å²) in [4.78, 5) is 17.7. The summed E-state index contributed by atoms with van der Waals surface area (Å²) in [6, 6.07) is 11.9. The van der Waals surface area contributed by atoms with E-state index in [1.807, 2.05) is 24.3 Å². The molecule has 0 bridgehead atoms. The Morgan fingerprint density at radius 1 is 1.29 bits per heavy atom. The van der Waals surface area contributed by atoms with Crippen LogP contribution in [0.4, 0.5) is 5.69 Å². The fourth-order valence-corrected chi connectivity index (χ4v) is 2.76. The Bertz CT molecular complexity index is 1000. The van der Waals surface area contributed by atoms with E-state index in [9.17, 15) is 15.4 Å². The van der Waals surface area contributed by atoms with Gasteiger partial charge >= 0.3 is 0 Å². The topological polar surface area (TPSA) is 95.6 Å². The number of nitrogens with one attached hydrogen (secondary N) is 1. The molecular formula is C16H8Cl2N4O2. The number of nitriles is 1. The Balaban J connectivity index is 2.17. The molecule has 0 fully saturated rings. The van der Waals surface area contributed by atoms with Gasteiger partial charge in [0.1, 0.15) is 16.9 Å². The summed E-state index contributed by atoms with van der Waals surface area (Å²) in [5.74, 6) is 0.331. The summed E-state index contributed by atoms with van der Waals surface area (Å²) in [5, 5.41) is 20.5. The summed E-state index contributed by atoms with van der Waals surface area (Å²) in [5.41, 5.74) is 1.55. The molecule has 0 aliphatic carbocycles. The number of imidazole rings is 1. The average molecular weight is 359 g/mol. The third-order valence-electron chi connectivity index (χ3n) is 3.36. The van der Waals surface area contributed by atoms with Gasteiger partial charge < -0.3 is 4.98 Å². The van der Waals surface area contributed by atoms with E-state index < -0.39 is 4.92 Å². The molecule has 2 aromatic carbocycles. The van der Waals surface area contributed by atoms with Gasteiger partial charge in [0.15, 0.2) is 0 Å². The number of nitrogens with zero attached hydrogens (tertiary/aromatic N) is 3. The SMILES string of the molecule is N#CC(=Cc1c(Cl)ccc([N+](=O)[O-])c1Cl)c1nc2ccccc2[nH]1. The number of benzene rings is 2. The first-order valence-electron chi connectivity index (χ1n) is 6.70. The molecule has 0 saturated carbocycles. The summed E-state index contributed by atoms with van der Waals surface area (Å²) in [7, 11) is 0. The zero-order valence-corrected chi connectivity index (χ0v) is 13.5. The highest BCUT2D eigenvalue weighted by molar-refractivity contribution is 6.38. The molecule has 1 aromatic heterocycles. The summed E-state index contributed by atoms with van der Waals surface area (Å²) >= 11 is 12.1. The van der Waals surface area contributed by atoms with E-state index in [-0.39, 0.29) is 26.9 Å². The molecule has 0 aliphatic rings. The highest BCUT2D eigenvalue weighted by Gasteiger charge is 2.19. The average Bonchev–Trinajstić information content (AvgIpc) is 2.98. The number of aromatic amines is 1. The molecule has 0 amide bonds. The lowest BCUT2D eigenvalue weighted by molar-refractivity contribution is -0.384. The van der Waals surface area contributed by atoms with Crippen molar-refractivity contribution >= 4 is 51.6 Å². The molecule has 3 aromatic rings. The number of allylic oxidation sites excluding steroid dienone is 1. The first-order valence-corrected chi connectivity index (χ1v) is 7.46. The molecule has 8 heteroatoms. The molecular weight excluding hydrogens is 351 g/mol. The van der Waals surface area contributed by atoms with Gasteiger partial charge in [0.2, 0.25) is 0 Å². The van der Waals surface area contributed by atoms with Crippen LogP contribution in [0.2, 0.25) is 10.0 Å². The van der Waals surface area contributed by atoms with Crippen LogP contribution in [0.3, 0.4) is 0 Å². The maximum atomic E-state index is 11.0. The van der Waals surface area contributed by atoms with E-state index in [1.165, 1.54) is 18.2 Å². The summed E-state index contributed by atoms with van der Waals surface area (Å²) in [6.07, 6.45) is 1.38. The maximum Gasteiger partial charge on any atom is 0.288 e. The van der Waals surface area contributed by atoms with Crippen molar-refractivity contribution in [1.29, 1.82) is 5.26 Å². The van der Waals surface area contributed by atoms with Crippen LogP contribution >= 0.6 is 23.2 Å². The molecule has 1 N–H and O–H groups in total. The number of rotatable bonds is 3. The zero-order valence-electron chi connectivity index (χ0n) is 12.0. The van der Waals surface area contributed by atoms with Gasteiger partial charge in [-0.2, -0.15) is 5.26 Å². The molecule has 0 spiro atoms. The molecule has 1 heterocycles. The quantitative estimate of drug-likeness (QED) is 0.411. The number of fused-ring (bicyclic) bond motifs is 1. The Kier molecular flexibility index (Phi) is 4.21. The number of halogens is 2. The van der Waals surface area contributed by atoms with Crippen molar-refractivity contribution in [1.82, 2.24) is 9.97 Å². The van der Waals surface area contributed by atoms with Crippen molar-refractivity contribution < 1.29 is 4.92 Å². The molecule has 118 valence electrons. The van der Waals surface area contributed by atoms with Gasteiger partial charge in [0.25, 0.3) is 5.69 Å². The zero-order chi connectivity index (χ0) is 17.3. The first kappa shape index (κ1) is 16.0. The predicted octanol–water partition coefficient (Wildman–Crippen LogP) is 4.84. The van der Waals surface area contributed by atoms with E-state index >= 15 is 0 Å². The number of nitro groups is 1. The number of nitro benzene ring substituents is 1. The van der Waals surface area contributed by atoms with Crippen LogP contribution in [-0.4, -0.2) is 14.9 Å². The normalized spacial score (nSPS) is 11.5. The number of hydrogen-bond donors (Lipinski definition) is 1. The lowest BCUT2D eigenvalue weighted by atomic mass is 10.1. The van der Waals surface area contributed by atoms with Crippen LogP contribution < -0.4 is 0 Å². The standard InChI is InChI=1S/C16H8Cl2N4O2/c17-11-5-6-14(22(23)24)15(18)10(11)7-9(8-19)16-20-12-3-1-2-4-13(12)21-16/h1-7H,(H,20,21). The number of para-hydroxylation sites is 2. The third kappa shape index (κ3) is 2.83. The third-order valence-corrected chi connectivity index (χ3v) is 4.08. The minimum Gasteiger partial charge on any atom is -0.337 e. The van der Waals surface area contributed by atoms with Crippen LogP contribution in [0.25, 0.3) is 22.7 Å². The molecule has 0 radical (unpaired) electrons. The lowest BCUT2D eigenvalue weighted by Crippen LogP contribution is -1.92. The Morgan fingerprint density at radius 2 is 2.04 bits per heavy atom. The van der Waals surface area contributed by atoms with Crippen molar-refractivity contribution in [2.24, 2.45) is 0 Å². The van der Waals surface area contributed by atoms with E-state index in [1.54, 1.807) is 6.07 Å². The van der Waals surface area contributed by atoms with Crippen LogP contribution in [-0.2, 0) is 0 Å². The first-order chi connectivity index (χ1) is 11.5. The van der Waals surface area contributed by atoms with Gasteiger partial charge in [-0.1, -0.05) is 35.3 Å². The smallest absolute Gasteiger partial charge is 0.288 e. The summed E-state index contributed by atoms with van der Waals surface area (Å²) < 4.78 is 0. The largest absolute Gasteiger partial charge is 0.337 e. The van der Waals surface area contributed by atoms with Gasteiger partial charge in [-0.3, -0.25) is 10.1 Å². The summed E-state index contributed by atoms with van der Waals surface area (Å²) in [6.45, 7) is 0. The lowest BCUT2D eigenvalue weighted by Gasteiger charge is -2.03.